The molecule has 2 aliphatic heterocycles. The number of halogens is 1. The van der Waals surface area contributed by atoms with Gasteiger partial charge in [0.05, 0.1) is 11.4 Å². The second-order valence-electron chi connectivity index (χ2n) is 7.42. The van der Waals surface area contributed by atoms with E-state index in [1.807, 2.05) is 6.07 Å². The van der Waals surface area contributed by atoms with Gasteiger partial charge in [0.15, 0.2) is 0 Å². The first-order valence-electron chi connectivity index (χ1n) is 8.89. The summed E-state index contributed by atoms with van der Waals surface area (Å²) in [5.41, 5.74) is 8.74. The predicted octanol–water partition coefficient (Wildman–Crippen LogP) is 2.77. The van der Waals surface area contributed by atoms with Crippen molar-refractivity contribution in [3.05, 3.63) is 48.3 Å². The van der Waals surface area contributed by atoms with Crippen molar-refractivity contribution < 1.29 is 14.0 Å². The summed E-state index contributed by atoms with van der Waals surface area (Å²) in [6, 6.07) is 11.3. The van der Waals surface area contributed by atoms with Crippen molar-refractivity contribution in [1.29, 1.82) is 0 Å². The topological polar surface area (TPSA) is 78.7 Å². The zero-order valence-electron chi connectivity index (χ0n) is 14.8. The van der Waals surface area contributed by atoms with Gasteiger partial charge in [-0.15, -0.1) is 0 Å². The number of nitrogens with zero attached hydrogens (tertiary/aromatic N) is 2. The van der Waals surface area contributed by atoms with Gasteiger partial charge in [-0.1, -0.05) is 18.2 Å². The van der Waals surface area contributed by atoms with Gasteiger partial charge in [-0.3, -0.25) is 4.79 Å². The minimum atomic E-state index is -0.297. The lowest BCUT2D eigenvalue weighted by Gasteiger charge is -2.47. The predicted molar refractivity (Wildman–Crippen MR) is 102 cm³/mol. The molecule has 7 heteroatoms. The molecule has 0 aliphatic carbocycles. The molecular weight excluding hydrogens is 347 g/mol. The number of nitrogen functional groups attached to an aromatic ring is 1. The summed E-state index contributed by atoms with van der Waals surface area (Å²) in [6.45, 7) is 2.75. The Morgan fingerprint density at radius 3 is 2.48 bits per heavy atom. The minimum Gasteiger partial charge on any atom is -0.397 e. The highest BCUT2D eigenvalue weighted by atomic mass is 19.1. The molecule has 1 spiro atoms. The fraction of sp³-hybridized carbons (Fsp3) is 0.300. The lowest BCUT2D eigenvalue weighted by atomic mass is 9.79. The van der Waals surface area contributed by atoms with E-state index in [1.165, 1.54) is 12.1 Å². The normalized spacial score (nSPS) is 17.7. The van der Waals surface area contributed by atoms with E-state index in [-0.39, 0.29) is 17.3 Å². The Morgan fingerprint density at radius 2 is 1.81 bits per heavy atom. The van der Waals surface area contributed by atoms with Crippen LogP contribution in [0.15, 0.2) is 42.5 Å². The lowest BCUT2D eigenvalue weighted by Crippen LogP contribution is -2.60. The lowest BCUT2D eigenvalue weighted by molar-refractivity contribution is -0.118. The number of nitrogens with one attached hydrogen (secondary N) is 1. The number of benzene rings is 2. The van der Waals surface area contributed by atoms with Gasteiger partial charge in [-0.05, 0) is 41.8 Å². The Balaban J connectivity index is 1.44. The number of anilines is 2. The third kappa shape index (κ3) is 3.32. The van der Waals surface area contributed by atoms with Crippen LogP contribution in [0.5, 0.6) is 0 Å². The van der Waals surface area contributed by atoms with Crippen molar-refractivity contribution in [2.45, 2.75) is 6.42 Å². The third-order valence-corrected chi connectivity index (χ3v) is 5.43. The zero-order valence-corrected chi connectivity index (χ0v) is 14.8. The summed E-state index contributed by atoms with van der Waals surface area (Å²) in [5.74, 6) is -0.297. The molecule has 2 aromatic rings. The largest absolute Gasteiger partial charge is 0.397 e. The number of hydrogen-bond acceptors (Lipinski definition) is 3. The van der Waals surface area contributed by atoms with Crippen molar-refractivity contribution in [3.63, 3.8) is 0 Å². The van der Waals surface area contributed by atoms with Gasteiger partial charge in [0.1, 0.15) is 5.82 Å². The number of carbonyl (C=O) groups excluding carboxylic acids is 2. The van der Waals surface area contributed by atoms with Gasteiger partial charge < -0.3 is 20.9 Å². The van der Waals surface area contributed by atoms with Crippen LogP contribution in [0.2, 0.25) is 0 Å². The Kier molecular flexibility index (Phi) is 4.22. The highest BCUT2D eigenvalue weighted by molar-refractivity contribution is 5.94. The molecular formula is C20H21FN4O2. The third-order valence-electron chi connectivity index (χ3n) is 5.43. The van der Waals surface area contributed by atoms with E-state index in [4.69, 9.17) is 5.73 Å². The van der Waals surface area contributed by atoms with E-state index in [0.717, 1.165) is 30.5 Å². The first-order chi connectivity index (χ1) is 13.0. The summed E-state index contributed by atoms with van der Waals surface area (Å²) in [7, 11) is 0. The molecule has 140 valence electrons. The second-order valence-corrected chi connectivity index (χ2v) is 7.42. The number of carbonyl (C=O) groups is 2. The van der Waals surface area contributed by atoms with Crippen LogP contribution >= 0.6 is 0 Å². The Bertz CT molecular complexity index is 878. The summed E-state index contributed by atoms with van der Waals surface area (Å²) in [4.78, 5) is 26.9. The quantitative estimate of drug-likeness (QED) is 0.646. The van der Waals surface area contributed by atoms with Gasteiger partial charge in [0.25, 0.3) is 0 Å². The molecule has 2 heterocycles. The van der Waals surface area contributed by atoms with Crippen LogP contribution in [0, 0.1) is 11.2 Å². The van der Waals surface area contributed by atoms with Gasteiger partial charge in [0.2, 0.25) is 6.41 Å². The molecule has 27 heavy (non-hydrogen) atoms. The number of amides is 3. The van der Waals surface area contributed by atoms with Gasteiger partial charge >= 0.3 is 6.03 Å². The molecule has 0 bridgehead atoms. The van der Waals surface area contributed by atoms with Crippen molar-refractivity contribution in [3.8, 4) is 11.1 Å². The summed E-state index contributed by atoms with van der Waals surface area (Å²) in [5, 5.41) is 2.87. The number of rotatable bonds is 3. The van der Waals surface area contributed by atoms with Crippen molar-refractivity contribution in [2.75, 3.05) is 37.2 Å². The van der Waals surface area contributed by atoms with Crippen LogP contribution in [0.3, 0.4) is 0 Å². The Labute approximate surface area is 156 Å². The van der Waals surface area contributed by atoms with Crippen LogP contribution in [-0.2, 0) is 4.79 Å². The zero-order chi connectivity index (χ0) is 19.0. The average Bonchev–Trinajstić information content (AvgIpc) is 3.08. The van der Waals surface area contributed by atoms with Crippen LogP contribution in [-0.4, -0.2) is 48.4 Å². The van der Waals surface area contributed by atoms with Crippen LogP contribution in [0.4, 0.5) is 20.6 Å². The molecule has 2 fully saturated rings. The molecule has 2 aromatic carbocycles. The van der Waals surface area contributed by atoms with E-state index in [9.17, 15) is 14.0 Å². The van der Waals surface area contributed by atoms with Crippen LogP contribution < -0.4 is 11.1 Å². The number of urea groups is 1. The van der Waals surface area contributed by atoms with Crippen molar-refractivity contribution in [2.24, 2.45) is 5.41 Å². The van der Waals surface area contributed by atoms with E-state index < -0.39 is 0 Å². The Hall–Kier alpha value is -3.09. The van der Waals surface area contributed by atoms with Crippen LogP contribution in [0.1, 0.15) is 6.42 Å². The smallest absolute Gasteiger partial charge is 0.321 e. The first-order valence-corrected chi connectivity index (χ1v) is 8.89. The molecule has 3 N–H and O–H groups in total. The van der Waals surface area contributed by atoms with Gasteiger partial charge in [-0.25, -0.2) is 9.18 Å². The average molecular weight is 368 g/mol. The first kappa shape index (κ1) is 17.3. The maximum absolute atomic E-state index is 13.1. The molecule has 0 radical (unpaired) electrons. The highest BCUT2D eigenvalue weighted by Crippen LogP contribution is 2.39. The fourth-order valence-corrected chi connectivity index (χ4v) is 3.91. The van der Waals surface area contributed by atoms with E-state index >= 15 is 0 Å². The SMILES string of the molecule is Nc1ccc(-c2ccc(F)cc2)cc1NC(=O)N1CC2(CCN(C=O)C2)C1. The Morgan fingerprint density at radius 1 is 1.11 bits per heavy atom. The van der Waals surface area contributed by atoms with Crippen molar-refractivity contribution >= 4 is 23.8 Å². The second kappa shape index (κ2) is 6.57. The summed E-state index contributed by atoms with van der Waals surface area (Å²) in [6.07, 6.45) is 1.80. The van der Waals surface area contributed by atoms with E-state index in [0.29, 0.717) is 31.0 Å². The van der Waals surface area contributed by atoms with Crippen molar-refractivity contribution in [1.82, 2.24) is 9.80 Å². The van der Waals surface area contributed by atoms with Crippen LogP contribution in [0.25, 0.3) is 11.1 Å². The maximum Gasteiger partial charge on any atom is 0.321 e. The summed E-state index contributed by atoms with van der Waals surface area (Å²) >= 11 is 0. The monoisotopic (exact) mass is 368 g/mol. The van der Waals surface area contributed by atoms with E-state index in [2.05, 4.69) is 5.32 Å². The fourth-order valence-electron chi connectivity index (χ4n) is 3.91. The molecule has 6 nitrogen and oxygen atoms in total. The summed E-state index contributed by atoms with van der Waals surface area (Å²) < 4.78 is 13.1. The van der Waals surface area contributed by atoms with Gasteiger partial charge in [0, 0.05) is 31.6 Å². The molecule has 0 aromatic heterocycles. The maximum atomic E-state index is 13.1. The van der Waals surface area contributed by atoms with E-state index in [1.54, 1.807) is 34.1 Å². The molecule has 0 unspecified atom stereocenters. The van der Waals surface area contributed by atoms with Gasteiger partial charge in [-0.2, -0.15) is 0 Å². The molecule has 2 saturated heterocycles. The molecule has 0 saturated carbocycles. The number of likely N-dealkylation sites (tertiary alicyclic amines) is 2. The molecule has 2 aliphatic rings. The number of nitrogens with two attached hydrogens (primary N) is 1. The number of hydrogen-bond donors (Lipinski definition) is 2. The minimum absolute atomic E-state index is 0.0414. The highest BCUT2D eigenvalue weighted by Gasteiger charge is 2.49. The molecule has 3 amide bonds. The standard InChI is InChI=1S/C20H21FN4O2/c21-16-4-1-14(2-5-16)15-3-6-17(22)18(9-15)23-19(27)25-11-20(12-25)7-8-24(10-20)13-26/h1-6,9,13H,7-8,10-12,22H2,(H,23,27). The molecule has 0 atom stereocenters. The molecule has 4 rings (SSSR count).